The maximum absolute atomic E-state index is 3.55. The predicted octanol–water partition coefficient (Wildman–Crippen LogP) is 3.74. The van der Waals surface area contributed by atoms with Gasteiger partial charge < -0.3 is 5.32 Å². The van der Waals surface area contributed by atoms with Gasteiger partial charge in [0.15, 0.2) is 0 Å². The van der Waals surface area contributed by atoms with E-state index in [2.05, 4.69) is 12.2 Å². The Bertz CT molecular complexity index is 108. The third-order valence-corrected chi connectivity index (χ3v) is 3.36. The van der Waals surface area contributed by atoms with E-state index in [1.807, 2.05) is 0 Å². The summed E-state index contributed by atoms with van der Waals surface area (Å²) in [6, 6.07) is 0. The molecule has 0 saturated carbocycles. The molecule has 1 unspecified atom stereocenters. The molecule has 0 aromatic heterocycles. The lowest BCUT2D eigenvalue weighted by Crippen LogP contribution is -2.18. The van der Waals surface area contributed by atoms with Crippen molar-refractivity contribution in [3.05, 3.63) is 0 Å². The van der Waals surface area contributed by atoms with Crippen molar-refractivity contribution in [3.63, 3.8) is 0 Å². The van der Waals surface area contributed by atoms with E-state index in [4.69, 9.17) is 0 Å². The summed E-state index contributed by atoms with van der Waals surface area (Å²) in [6.45, 7) is 4.88. The average molecular weight is 197 g/mol. The third kappa shape index (κ3) is 6.42. The molecule has 0 radical (unpaired) electrons. The van der Waals surface area contributed by atoms with Gasteiger partial charge in [-0.25, -0.2) is 0 Å². The van der Waals surface area contributed by atoms with Gasteiger partial charge in [0.25, 0.3) is 0 Å². The second-order valence-corrected chi connectivity index (χ2v) is 4.91. The van der Waals surface area contributed by atoms with Crippen LogP contribution in [0.5, 0.6) is 0 Å². The Morgan fingerprint density at radius 2 is 1.36 bits per heavy atom. The Balaban J connectivity index is 2.12. The van der Waals surface area contributed by atoms with E-state index in [1.54, 1.807) is 0 Å². The monoisotopic (exact) mass is 197 g/mol. The van der Waals surface area contributed by atoms with Crippen LogP contribution in [0.3, 0.4) is 0 Å². The summed E-state index contributed by atoms with van der Waals surface area (Å²) in [5.74, 6) is 0.934. The fourth-order valence-electron chi connectivity index (χ4n) is 2.24. The van der Waals surface area contributed by atoms with Crippen molar-refractivity contribution in [2.24, 2.45) is 5.92 Å². The van der Waals surface area contributed by atoms with Crippen molar-refractivity contribution >= 4 is 0 Å². The molecule has 0 amide bonds. The highest BCUT2D eigenvalue weighted by molar-refractivity contribution is 4.58. The molecule has 1 heteroatoms. The van der Waals surface area contributed by atoms with E-state index < -0.39 is 0 Å². The Kier molecular flexibility index (Phi) is 7.12. The van der Waals surface area contributed by atoms with E-state index in [0.29, 0.717) is 0 Å². The van der Waals surface area contributed by atoms with Gasteiger partial charge in [-0.1, -0.05) is 51.9 Å². The number of hydrogen-bond donors (Lipinski definition) is 1. The Morgan fingerprint density at radius 1 is 0.714 bits per heavy atom. The minimum absolute atomic E-state index is 0.934. The molecule has 1 N–H and O–H groups in total. The number of rotatable bonds is 0. The van der Waals surface area contributed by atoms with Crippen LogP contribution >= 0.6 is 0 Å². The molecule has 1 aliphatic heterocycles. The maximum Gasteiger partial charge on any atom is -0.00464 e. The predicted molar refractivity (Wildman–Crippen MR) is 63.6 cm³/mol. The van der Waals surface area contributed by atoms with Gasteiger partial charge in [0, 0.05) is 0 Å². The highest BCUT2D eigenvalue weighted by Gasteiger charge is 2.02. The molecular weight excluding hydrogens is 170 g/mol. The first-order valence-electron chi connectivity index (χ1n) is 6.60. The molecule has 1 atom stereocenters. The zero-order valence-corrected chi connectivity index (χ0v) is 9.86. The van der Waals surface area contributed by atoms with Crippen molar-refractivity contribution in [3.8, 4) is 0 Å². The summed E-state index contributed by atoms with van der Waals surface area (Å²) >= 11 is 0. The summed E-state index contributed by atoms with van der Waals surface area (Å²) in [5.41, 5.74) is 0. The van der Waals surface area contributed by atoms with Gasteiger partial charge in [0.1, 0.15) is 0 Å². The first-order valence-corrected chi connectivity index (χ1v) is 6.60. The minimum atomic E-state index is 0.934. The fraction of sp³-hybridized carbons (Fsp3) is 1.00. The molecule has 1 aliphatic rings. The second-order valence-electron chi connectivity index (χ2n) is 4.91. The summed E-state index contributed by atoms with van der Waals surface area (Å²) < 4.78 is 0. The Morgan fingerprint density at radius 3 is 2.14 bits per heavy atom. The van der Waals surface area contributed by atoms with E-state index in [1.165, 1.54) is 70.9 Å². The highest BCUT2D eigenvalue weighted by atomic mass is 14.8. The lowest BCUT2D eigenvalue weighted by Gasteiger charge is -2.10. The van der Waals surface area contributed by atoms with Crippen molar-refractivity contribution < 1.29 is 0 Å². The highest BCUT2D eigenvalue weighted by Crippen LogP contribution is 2.15. The molecule has 1 saturated heterocycles. The first-order chi connectivity index (χ1) is 6.89. The number of nitrogens with one attached hydrogen (secondary N) is 1. The molecule has 0 aliphatic carbocycles. The summed E-state index contributed by atoms with van der Waals surface area (Å²) in [5, 5.41) is 3.55. The first kappa shape index (κ1) is 12.0. The second kappa shape index (κ2) is 8.28. The van der Waals surface area contributed by atoms with Crippen LogP contribution in [0.2, 0.25) is 0 Å². The molecule has 0 aromatic carbocycles. The van der Waals surface area contributed by atoms with Crippen LogP contribution in [-0.4, -0.2) is 13.1 Å². The van der Waals surface area contributed by atoms with E-state index in [-0.39, 0.29) is 0 Å². The summed E-state index contributed by atoms with van der Waals surface area (Å²) in [6.07, 6.45) is 13.0. The van der Waals surface area contributed by atoms with Crippen molar-refractivity contribution in [1.82, 2.24) is 5.32 Å². The van der Waals surface area contributed by atoms with Crippen LogP contribution in [0, 0.1) is 5.92 Å². The van der Waals surface area contributed by atoms with Gasteiger partial charge >= 0.3 is 0 Å². The normalized spacial score (nSPS) is 28.5. The van der Waals surface area contributed by atoms with Crippen molar-refractivity contribution in [2.75, 3.05) is 13.1 Å². The quantitative estimate of drug-likeness (QED) is 0.624. The Labute approximate surface area is 89.7 Å². The van der Waals surface area contributed by atoms with Crippen LogP contribution in [0.1, 0.15) is 64.7 Å². The van der Waals surface area contributed by atoms with E-state index in [9.17, 15) is 0 Å². The lowest BCUT2D eigenvalue weighted by atomic mass is 9.99. The largest absolute Gasteiger partial charge is 0.317 e. The third-order valence-electron chi connectivity index (χ3n) is 3.36. The van der Waals surface area contributed by atoms with E-state index in [0.717, 1.165) is 5.92 Å². The number of hydrogen-bond acceptors (Lipinski definition) is 1. The fourth-order valence-corrected chi connectivity index (χ4v) is 2.24. The molecule has 1 heterocycles. The SMILES string of the molecule is CC1CCCCCCCCCNCC1. The van der Waals surface area contributed by atoms with Crippen molar-refractivity contribution in [1.29, 1.82) is 0 Å². The zero-order valence-electron chi connectivity index (χ0n) is 9.86. The molecule has 0 spiro atoms. The molecule has 84 valence electrons. The molecule has 1 fully saturated rings. The molecule has 1 rings (SSSR count). The van der Waals surface area contributed by atoms with Crippen LogP contribution in [-0.2, 0) is 0 Å². The molecule has 0 aromatic rings. The van der Waals surface area contributed by atoms with Gasteiger partial charge in [0.2, 0.25) is 0 Å². The lowest BCUT2D eigenvalue weighted by molar-refractivity contribution is 0.447. The zero-order chi connectivity index (χ0) is 10.1. The van der Waals surface area contributed by atoms with Crippen LogP contribution in [0.25, 0.3) is 0 Å². The molecular formula is C13H27N. The van der Waals surface area contributed by atoms with Crippen molar-refractivity contribution in [2.45, 2.75) is 64.7 Å². The molecule has 14 heavy (non-hydrogen) atoms. The Hall–Kier alpha value is -0.0400. The average Bonchev–Trinajstić information content (AvgIpc) is 2.20. The van der Waals surface area contributed by atoms with Gasteiger partial charge in [-0.2, -0.15) is 0 Å². The molecule has 1 nitrogen and oxygen atoms in total. The maximum atomic E-state index is 3.55. The van der Waals surface area contributed by atoms with Crippen LogP contribution in [0.4, 0.5) is 0 Å². The standard InChI is InChI=1S/C13H27N/c1-13-9-7-5-3-2-4-6-8-11-14-12-10-13/h13-14H,2-12H2,1H3. The van der Waals surface area contributed by atoms with Gasteiger partial charge in [-0.05, 0) is 31.8 Å². The van der Waals surface area contributed by atoms with Gasteiger partial charge in [-0.3, -0.25) is 0 Å². The van der Waals surface area contributed by atoms with Crippen LogP contribution < -0.4 is 5.32 Å². The summed E-state index contributed by atoms with van der Waals surface area (Å²) in [4.78, 5) is 0. The van der Waals surface area contributed by atoms with Gasteiger partial charge in [-0.15, -0.1) is 0 Å². The summed E-state index contributed by atoms with van der Waals surface area (Å²) in [7, 11) is 0. The minimum Gasteiger partial charge on any atom is -0.317 e. The smallest absolute Gasteiger partial charge is 0.00464 e. The topological polar surface area (TPSA) is 12.0 Å². The van der Waals surface area contributed by atoms with Crippen LogP contribution in [0.15, 0.2) is 0 Å². The van der Waals surface area contributed by atoms with E-state index >= 15 is 0 Å². The molecule has 0 bridgehead atoms. The van der Waals surface area contributed by atoms with Gasteiger partial charge in [0.05, 0.1) is 0 Å².